The summed E-state index contributed by atoms with van der Waals surface area (Å²) in [6, 6.07) is 0. The molecule has 0 aromatic rings. The fraction of sp³-hybridized carbons (Fsp3) is 0.600. The monoisotopic (exact) mass is 233 g/mol. The maximum Gasteiger partial charge on any atom is 0.392 e. The Labute approximate surface area is 79.4 Å². The Kier molecular flexibility index (Phi) is 2.11. The summed E-state index contributed by atoms with van der Waals surface area (Å²) >= 11 is 0. The molecule has 3 nitrogen and oxygen atoms in total. The van der Waals surface area contributed by atoms with Crippen LogP contribution >= 0.6 is 0 Å². The molecule has 0 spiro atoms. The van der Waals surface area contributed by atoms with Crippen LogP contribution in [0.4, 0.5) is 26.3 Å². The molecule has 0 atom stereocenters. The van der Waals surface area contributed by atoms with Crippen molar-refractivity contribution in [3.05, 3.63) is 0 Å². The number of carbonyl (C=O) groups is 2. The highest BCUT2D eigenvalue weighted by molar-refractivity contribution is 6.28. The maximum atomic E-state index is 12.5. The predicted octanol–water partition coefficient (Wildman–Crippen LogP) is -0.191. The fourth-order valence-corrected chi connectivity index (χ4v) is 0.979. The molecular weight excluding hydrogens is 231 g/mol. The first-order valence-electron chi connectivity index (χ1n) is 3.44. The van der Waals surface area contributed by atoms with Gasteiger partial charge >= 0.3 is 17.8 Å². The molecule has 0 unspecified atom stereocenters. The van der Waals surface area contributed by atoms with Gasteiger partial charge in [0.2, 0.25) is 7.98 Å². The summed E-state index contributed by atoms with van der Waals surface area (Å²) in [5.74, 6) is -22.5. The van der Waals surface area contributed by atoms with E-state index in [0.29, 0.717) is 0 Å². The topological polar surface area (TPSA) is 37.4 Å². The lowest BCUT2D eigenvalue weighted by Crippen LogP contribution is -2.72. The maximum absolute atomic E-state index is 12.5. The number of hydrogen-bond donors (Lipinski definition) is 0. The number of alkyl halides is 6. The second-order valence-electron chi connectivity index (χ2n) is 2.89. The number of imide groups is 1. The van der Waals surface area contributed by atoms with Crippen LogP contribution in [-0.2, 0) is 9.59 Å². The standard InChI is InChI=1S/C5H2BF6NO2/c6-13-1(14)3(7,8)5(11,12)4(9,10)2(13)15/h6H2. The van der Waals surface area contributed by atoms with Gasteiger partial charge in [-0.2, -0.15) is 26.3 Å². The zero-order valence-corrected chi connectivity index (χ0v) is 7.03. The van der Waals surface area contributed by atoms with Crippen LogP contribution in [0.25, 0.3) is 0 Å². The van der Waals surface area contributed by atoms with E-state index >= 15 is 0 Å². The number of halogens is 6. The molecule has 1 fully saturated rings. The number of piperidine rings is 1. The molecule has 0 aliphatic carbocycles. The van der Waals surface area contributed by atoms with Gasteiger partial charge in [0, 0.05) is 0 Å². The molecule has 1 aliphatic rings. The summed E-state index contributed by atoms with van der Waals surface area (Å²) in [4.78, 5) is 20.3. The van der Waals surface area contributed by atoms with Gasteiger partial charge in [-0.05, 0) is 0 Å². The first-order chi connectivity index (χ1) is 6.48. The highest BCUT2D eigenvalue weighted by atomic mass is 19.3. The van der Waals surface area contributed by atoms with Gasteiger partial charge in [-0.1, -0.05) is 0 Å². The van der Waals surface area contributed by atoms with Crippen LogP contribution in [0.5, 0.6) is 0 Å². The molecule has 10 heteroatoms. The van der Waals surface area contributed by atoms with Crippen LogP contribution < -0.4 is 0 Å². The molecule has 0 N–H and O–H groups in total. The fourth-order valence-electron chi connectivity index (χ4n) is 0.979. The van der Waals surface area contributed by atoms with Crippen molar-refractivity contribution < 1.29 is 35.9 Å². The molecule has 1 heterocycles. The van der Waals surface area contributed by atoms with Crippen LogP contribution in [0.15, 0.2) is 0 Å². The molecule has 1 aliphatic heterocycles. The smallest absolute Gasteiger partial charge is 0.326 e. The van der Waals surface area contributed by atoms with Gasteiger partial charge in [-0.3, -0.25) is 9.59 Å². The third kappa shape index (κ3) is 1.10. The van der Waals surface area contributed by atoms with E-state index in [-0.39, 0.29) is 7.98 Å². The summed E-state index contributed by atoms with van der Waals surface area (Å²) in [6.07, 6.45) is 0. The number of nitrogens with zero attached hydrogens (tertiary/aromatic N) is 1. The average molecular weight is 233 g/mol. The van der Waals surface area contributed by atoms with Gasteiger partial charge in [0.15, 0.2) is 0 Å². The molecule has 15 heavy (non-hydrogen) atoms. The van der Waals surface area contributed by atoms with Gasteiger partial charge in [0.25, 0.3) is 11.8 Å². The van der Waals surface area contributed by atoms with Crippen molar-refractivity contribution >= 4 is 19.8 Å². The lowest BCUT2D eigenvalue weighted by Gasteiger charge is -2.39. The molecule has 0 bridgehead atoms. The second-order valence-corrected chi connectivity index (χ2v) is 2.89. The number of amides is 2. The Hall–Kier alpha value is -1.22. The van der Waals surface area contributed by atoms with E-state index in [1.807, 2.05) is 0 Å². The molecule has 2 amide bonds. The molecule has 84 valence electrons. The van der Waals surface area contributed by atoms with Gasteiger partial charge in [0.1, 0.15) is 0 Å². The van der Waals surface area contributed by atoms with E-state index < -0.39 is 34.4 Å². The second kappa shape index (κ2) is 2.67. The quantitative estimate of drug-likeness (QED) is 0.330. The summed E-state index contributed by atoms with van der Waals surface area (Å²) in [5, 5.41) is 0. The molecule has 0 aromatic heterocycles. The zero-order valence-electron chi connectivity index (χ0n) is 7.03. The van der Waals surface area contributed by atoms with Crippen molar-refractivity contribution in [3.63, 3.8) is 0 Å². The number of carbonyl (C=O) groups excluding carboxylic acids is 2. The largest absolute Gasteiger partial charge is 0.392 e. The molecule has 0 saturated carbocycles. The third-order valence-electron chi connectivity index (χ3n) is 1.94. The number of hydrogen-bond acceptors (Lipinski definition) is 2. The van der Waals surface area contributed by atoms with Crippen molar-refractivity contribution in [1.29, 1.82) is 0 Å². The van der Waals surface area contributed by atoms with Gasteiger partial charge in [0.05, 0.1) is 0 Å². The summed E-state index contributed by atoms with van der Waals surface area (Å²) < 4.78 is 75.0. The van der Waals surface area contributed by atoms with Crippen LogP contribution in [0.2, 0.25) is 0 Å². The van der Waals surface area contributed by atoms with E-state index in [0.717, 1.165) is 0 Å². The van der Waals surface area contributed by atoms with Crippen molar-refractivity contribution in [2.45, 2.75) is 17.8 Å². The van der Waals surface area contributed by atoms with Crippen LogP contribution in [0, 0.1) is 0 Å². The van der Waals surface area contributed by atoms with Crippen molar-refractivity contribution in [3.8, 4) is 0 Å². The van der Waals surface area contributed by atoms with Crippen LogP contribution in [0.1, 0.15) is 0 Å². The van der Waals surface area contributed by atoms with E-state index in [1.54, 1.807) is 0 Å². The summed E-state index contributed by atoms with van der Waals surface area (Å²) in [6.45, 7) is 0. The minimum atomic E-state index is -6.01. The van der Waals surface area contributed by atoms with Gasteiger partial charge in [-0.25, -0.2) is 0 Å². The zero-order chi connectivity index (χ0) is 12.2. The molecule has 1 saturated heterocycles. The van der Waals surface area contributed by atoms with E-state index in [2.05, 4.69) is 0 Å². The minimum Gasteiger partial charge on any atom is -0.326 e. The highest BCUT2D eigenvalue weighted by Gasteiger charge is 2.82. The third-order valence-corrected chi connectivity index (χ3v) is 1.94. The van der Waals surface area contributed by atoms with Crippen molar-refractivity contribution in [2.75, 3.05) is 0 Å². The normalized spacial score (nSPS) is 28.0. The Morgan fingerprint density at radius 1 is 0.867 bits per heavy atom. The molecule has 0 aromatic carbocycles. The molecule has 1 rings (SSSR count). The summed E-state index contributed by atoms with van der Waals surface area (Å²) in [7, 11) is 0.279. The lowest BCUT2D eigenvalue weighted by atomic mass is 9.94. The van der Waals surface area contributed by atoms with E-state index in [4.69, 9.17) is 0 Å². The lowest BCUT2D eigenvalue weighted by molar-refractivity contribution is -0.301. The Morgan fingerprint density at radius 2 is 1.13 bits per heavy atom. The first kappa shape index (κ1) is 11.9. The Balaban J connectivity index is 3.40. The SMILES string of the molecule is BN1C(=O)C(F)(F)C(F)(F)C(F)(F)C1=O. The van der Waals surface area contributed by atoms with Crippen LogP contribution in [-0.4, -0.2) is 42.4 Å². The molecular formula is C5H2BF6NO2. The van der Waals surface area contributed by atoms with E-state index in [9.17, 15) is 35.9 Å². The summed E-state index contributed by atoms with van der Waals surface area (Å²) in [5.41, 5.74) is 0. The Morgan fingerprint density at radius 3 is 1.40 bits per heavy atom. The Bertz CT molecular complexity index is 312. The first-order valence-corrected chi connectivity index (χ1v) is 3.44. The minimum absolute atomic E-state index is 0.279. The van der Waals surface area contributed by atoms with Crippen molar-refractivity contribution in [1.82, 2.24) is 4.81 Å². The van der Waals surface area contributed by atoms with Gasteiger partial charge < -0.3 is 4.81 Å². The number of rotatable bonds is 0. The highest BCUT2D eigenvalue weighted by Crippen LogP contribution is 2.50. The predicted molar refractivity (Wildman–Crippen MR) is 35.2 cm³/mol. The van der Waals surface area contributed by atoms with Crippen LogP contribution in [0.3, 0.4) is 0 Å². The van der Waals surface area contributed by atoms with E-state index in [1.165, 1.54) is 0 Å². The van der Waals surface area contributed by atoms with Crippen molar-refractivity contribution in [2.24, 2.45) is 0 Å². The molecule has 0 radical (unpaired) electrons. The average Bonchev–Trinajstić information content (AvgIpc) is 2.12. The van der Waals surface area contributed by atoms with Gasteiger partial charge in [-0.15, -0.1) is 0 Å².